The molecule has 33 heavy (non-hydrogen) atoms. The van der Waals surface area contributed by atoms with Gasteiger partial charge in [0.15, 0.2) is 5.69 Å². The molecule has 0 saturated carbocycles. The molecular weight excluding hydrogens is 419 g/mol. The molecule has 1 amide bonds. The quantitative estimate of drug-likeness (QED) is 0.393. The van der Waals surface area contributed by atoms with E-state index in [1.807, 2.05) is 48.5 Å². The van der Waals surface area contributed by atoms with Crippen molar-refractivity contribution in [1.82, 2.24) is 20.2 Å². The van der Waals surface area contributed by atoms with E-state index in [0.717, 1.165) is 16.8 Å². The molecule has 2 aromatic heterocycles. The number of carbonyl (C=O) groups excluding carboxylic acids is 1. The molecule has 1 N–H and O–H groups in total. The van der Waals surface area contributed by atoms with Crippen LogP contribution in [0.3, 0.4) is 0 Å². The molecule has 0 aliphatic carbocycles. The van der Waals surface area contributed by atoms with Gasteiger partial charge >= 0.3 is 0 Å². The topological polar surface area (TPSA) is 71.3 Å². The molecule has 0 bridgehead atoms. The molecule has 0 atom stereocenters. The predicted molar refractivity (Wildman–Crippen MR) is 123 cm³/mol. The summed E-state index contributed by atoms with van der Waals surface area (Å²) in [5.74, 6) is -0.100. The van der Waals surface area contributed by atoms with E-state index in [2.05, 4.69) is 20.2 Å². The normalized spacial score (nSPS) is 11.0. The van der Waals surface area contributed by atoms with E-state index in [1.54, 1.807) is 18.3 Å². The zero-order chi connectivity index (χ0) is 22.9. The Balaban J connectivity index is 1.38. The molecule has 0 saturated heterocycles. The molecule has 0 aliphatic rings. The van der Waals surface area contributed by atoms with E-state index < -0.39 is 0 Å². The number of halogens is 1. The van der Waals surface area contributed by atoms with Gasteiger partial charge in [-0.25, -0.2) is 9.37 Å². The first kappa shape index (κ1) is 22.4. The van der Waals surface area contributed by atoms with Crippen LogP contribution in [-0.2, 0) is 26.1 Å². The van der Waals surface area contributed by atoms with Gasteiger partial charge in [-0.3, -0.25) is 14.7 Å². The second-order valence-electron chi connectivity index (χ2n) is 7.71. The minimum Gasteiger partial charge on any atom is -0.447 e. The Kier molecular flexibility index (Phi) is 7.56. The van der Waals surface area contributed by atoms with Crippen molar-refractivity contribution in [3.8, 4) is 0 Å². The van der Waals surface area contributed by atoms with Gasteiger partial charge < -0.3 is 9.73 Å². The van der Waals surface area contributed by atoms with E-state index in [9.17, 15) is 9.18 Å². The molecule has 6 nitrogen and oxygen atoms in total. The number of oxazole rings is 1. The van der Waals surface area contributed by atoms with Crippen LogP contribution in [0.25, 0.3) is 0 Å². The highest BCUT2D eigenvalue weighted by Crippen LogP contribution is 2.15. The fourth-order valence-corrected chi connectivity index (χ4v) is 3.48. The second kappa shape index (κ2) is 11.2. The van der Waals surface area contributed by atoms with Gasteiger partial charge in [0.1, 0.15) is 12.1 Å². The predicted octanol–water partition coefficient (Wildman–Crippen LogP) is 4.38. The average Bonchev–Trinajstić information content (AvgIpc) is 3.30. The van der Waals surface area contributed by atoms with E-state index in [-0.39, 0.29) is 17.4 Å². The standard InChI is InChI=1S/C26H25FN4O2/c27-22-11-9-21(10-12-22)17-31(16-20-6-2-1-3-7-20)18-25-30-24(19-33-25)26(32)29-15-13-23-8-4-5-14-28-23/h1-12,14,19H,13,15-18H2,(H,29,32). The van der Waals surface area contributed by atoms with Crippen molar-refractivity contribution in [2.24, 2.45) is 0 Å². The van der Waals surface area contributed by atoms with Gasteiger partial charge in [-0.2, -0.15) is 0 Å². The number of amides is 1. The number of nitrogens with one attached hydrogen (secondary N) is 1. The van der Waals surface area contributed by atoms with Crippen LogP contribution in [0.1, 0.15) is 33.2 Å². The van der Waals surface area contributed by atoms with Crippen LogP contribution >= 0.6 is 0 Å². The first-order valence-corrected chi connectivity index (χ1v) is 10.8. The molecule has 4 aromatic rings. The third-order valence-corrected chi connectivity index (χ3v) is 5.10. The zero-order valence-corrected chi connectivity index (χ0v) is 18.2. The van der Waals surface area contributed by atoms with E-state index in [0.29, 0.717) is 38.5 Å². The summed E-state index contributed by atoms with van der Waals surface area (Å²) in [6, 6.07) is 22.2. The monoisotopic (exact) mass is 444 g/mol. The zero-order valence-electron chi connectivity index (χ0n) is 18.2. The second-order valence-corrected chi connectivity index (χ2v) is 7.71. The Hall–Kier alpha value is -3.84. The fourth-order valence-electron chi connectivity index (χ4n) is 3.48. The third-order valence-electron chi connectivity index (χ3n) is 5.10. The molecular formula is C26H25FN4O2. The van der Waals surface area contributed by atoms with E-state index in [4.69, 9.17) is 4.42 Å². The maximum absolute atomic E-state index is 13.3. The Bertz CT molecular complexity index is 1150. The molecule has 0 spiro atoms. The summed E-state index contributed by atoms with van der Waals surface area (Å²) >= 11 is 0. The number of nitrogens with zero attached hydrogens (tertiary/aromatic N) is 3. The third kappa shape index (κ3) is 6.82. The van der Waals surface area contributed by atoms with E-state index in [1.165, 1.54) is 18.4 Å². The van der Waals surface area contributed by atoms with Crippen molar-refractivity contribution in [2.75, 3.05) is 6.54 Å². The number of carbonyl (C=O) groups is 1. The number of hydrogen-bond acceptors (Lipinski definition) is 5. The molecule has 0 fully saturated rings. The Morgan fingerprint density at radius 2 is 1.64 bits per heavy atom. The van der Waals surface area contributed by atoms with Crippen molar-refractivity contribution in [3.63, 3.8) is 0 Å². The first-order chi connectivity index (χ1) is 16.2. The highest BCUT2D eigenvalue weighted by molar-refractivity contribution is 5.91. The van der Waals surface area contributed by atoms with Crippen LogP contribution in [0.2, 0.25) is 0 Å². The molecule has 0 radical (unpaired) electrons. The van der Waals surface area contributed by atoms with Crippen LogP contribution in [-0.4, -0.2) is 27.3 Å². The molecule has 0 unspecified atom stereocenters. The number of rotatable bonds is 10. The highest BCUT2D eigenvalue weighted by atomic mass is 19.1. The molecule has 168 valence electrons. The van der Waals surface area contributed by atoms with Gasteiger partial charge in [0, 0.05) is 37.9 Å². The van der Waals surface area contributed by atoms with Crippen molar-refractivity contribution < 1.29 is 13.6 Å². The lowest BCUT2D eigenvalue weighted by Crippen LogP contribution is -2.26. The van der Waals surface area contributed by atoms with Gasteiger partial charge in [0.05, 0.1) is 6.54 Å². The Morgan fingerprint density at radius 1 is 0.909 bits per heavy atom. The van der Waals surface area contributed by atoms with Crippen molar-refractivity contribution >= 4 is 5.91 Å². The van der Waals surface area contributed by atoms with Gasteiger partial charge in [-0.05, 0) is 35.4 Å². The fraction of sp³-hybridized carbons (Fsp3) is 0.192. The summed E-state index contributed by atoms with van der Waals surface area (Å²) < 4.78 is 18.9. The minimum absolute atomic E-state index is 0.243. The molecule has 7 heteroatoms. The van der Waals surface area contributed by atoms with Gasteiger partial charge in [-0.1, -0.05) is 48.5 Å². The smallest absolute Gasteiger partial charge is 0.273 e. The largest absolute Gasteiger partial charge is 0.447 e. The van der Waals surface area contributed by atoms with Gasteiger partial charge in [0.2, 0.25) is 5.89 Å². The van der Waals surface area contributed by atoms with Crippen LogP contribution in [0, 0.1) is 5.82 Å². The van der Waals surface area contributed by atoms with Gasteiger partial charge in [-0.15, -0.1) is 0 Å². The van der Waals surface area contributed by atoms with Crippen LogP contribution < -0.4 is 5.32 Å². The van der Waals surface area contributed by atoms with Crippen LogP contribution in [0.5, 0.6) is 0 Å². The average molecular weight is 445 g/mol. The number of aromatic nitrogens is 2. The summed E-state index contributed by atoms with van der Waals surface area (Å²) in [6.07, 6.45) is 3.75. The minimum atomic E-state index is -0.283. The first-order valence-electron chi connectivity index (χ1n) is 10.8. The molecule has 2 heterocycles. The SMILES string of the molecule is O=C(NCCc1ccccn1)c1coc(CN(Cc2ccccc2)Cc2ccc(F)cc2)n1. The molecule has 0 aliphatic heterocycles. The van der Waals surface area contributed by atoms with Crippen molar-refractivity contribution in [3.05, 3.63) is 119 Å². The Labute approximate surface area is 192 Å². The summed E-state index contributed by atoms with van der Waals surface area (Å²) in [5, 5.41) is 2.85. The molecule has 4 rings (SSSR count). The summed E-state index contributed by atoms with van der Waals surface area (Å²) in [5.41, 5.74) is 3.27. The number of hydrogen-bond donors (Lipinski definition) is 1. The summed E-state index contributed by atoms with van der Waals surface area (Å²) in [6.45, 7) is 2.12. The lowest BCUT2D eigenvalue weighted by molar-refractivity contribution is 0.0949. The maximum atomic E-state index is 13.3. The van der Waals surface area contributed by atoms with Crippen LogP contribution in [0.4, 0.5) is 4.39 Å². The number of pyridine rings is 1. The van der Waals surface area contributed by atoms with Crippen molar-refractivity contribution in [2.45, 2.75) is 26.1 Å². The summed E-state index contributed by atoms with van der Waals surface area (Å²) in [4.78, 5) is 23.2. The lowest BCUT2D eigenvalue weighted by Gasteiger charge is -2.21. The summed E-state index contributed by atoms with van der Waals surface area (Å²) in [7, 11) is 0. The Morgan fingerprint density at radius 3 is 2.36 bits per heavy atom. The number of benzene rings is 2. The van der Waals surface area contributed by atoms with E-state index >= 15 is 0 Å². The highest BCUT2D eigenvalue weighted by Gasteiger charge is 2.16. The van der Waals surface area contributed by atoms with Crippen molar-refractivity contribution in [1.29, 1.82) is 0 Å². The molecule has 2 aromatic carbocycles. The van der Waals surface area contributed by atoms with Gasteiger partial charge in [0.25, 0.3) is 5.91 Å². The van der Waals surface area contributed by atoms with Crippen LogP contribution in [0.15, 0.2) is 89.7 Å². The maximum Gasteiger partial charge on any atom is 0.273 e. The lowest BCUT2D eigenvalue weighted by atomic mass is 10.1.